The van der Waals surface area contributed by atoms with E-state index in [0.717, 1.165) is 30.9 Å². The van der Waals surface area contributed by atoms with E-state index in [2.05, 4.69) is 9.99 Å². The van der Waals surface area contributed by atoms with Gasteiger partial charge in [-0.15, -0.1) is 0 Å². The zero-order valence-electron chi connectivity index (χ0n) is 19.1. The van der Waals surface area contributed by atoms with Crippen LogP contribution >= 0.6 is 23.8 Å². The molecule has 0 N–H and O–H groups in total. The maximum Gasteiger partial charge on any atom is 0.280 e. The minimum Gasteiger partial charge on any atom is -0.457 e. The molecule has 6 rings (SSSR count). The normalized spacial score (nSPS) is 21.7. The fourth-order valence-corrected chi connectivity index (χ4v) is 5.71. The van der Waals surface area contributed by atoms with E-state index in [4.69, 9.17) is 33.5 Å². The highest BCUT2D eigenvalue weighted by Gasteiger charge is 2.71. The van der Waals surface area contributed by atoms with E-state index in [1.165, 1.54) is 0 Å². The summed E-state index contributed by atoms with van der Waals surface area (Å²) < 4.78 is 9.72. The summed E-state index contributed by atoms with van der Waals surface area (Å²) >= 11 is 11.8. The monoisotopic (exact) mass is 504 g/mol. The molecule has 1 saturated heterocycles. The molecule has 2 aliphatic rings. The Balaban J connectivity index is 1.49. The van der Waals surface area contributed by atoms with Gasteiger partial charge in [0.05, 0.1) is 10.9 Å². The minimum absolute atomic E-state index is 0.0771. The molecule has 2 fully saturated rings. The number of aryl methyl sites for hydroxylation is 1. The topological polar surface area (TPSA) is 64.9 Å². The van der Waals surface area contributed by atoms with Crippen LogP contribution in [0.3, 0.4) is 0 Å². The van der Waals surface area contributed by atoms with Gasteiger partial charge >= 0.3 is 0 Å². The Kier molecular flexibility index (Phi) is 5.38. The number of hydrogen-bond donors (Lipinski definition) is 0. The zero-order chi connectivity index (χ0) is 24.2. The molecule has 1 saturated carbocycles. The van der Waals surface area contributed by atoms with Crippen molar-refractivity contribution in [1.29, 1.82) is 0 Å². The van der Waals surface area contributed by atoms with Crippen LogP contribution in [0, 0.1) is 6.10 Å². The predicted octanol–water partition coefficient (Wildman–Crippen LogP) is 4.59. The Bertz CT molecular complexity index is 1470. The summed E-state index contributed by atoms with van der Waals surface area (Å²) in [7, 11) is 0. The van der Waals surface area contributed by atoms with Gasteiger partial charge < -0.3 is 4.74 Å². The number of imidazole rings is 1. The van der Waals surface area contributed by atoms with E-state index in [-0.39, 0.29) is 11.6 Å². The first-order chi connectivity index (χ1) is 17.0. The molecule has 0 amide bonds. The van der Waals surface area contributed by atoms with E-state index in [9.17, 15) is 4.79 Å². The molecule has 0 unspecified atom stereocenters. The van der Waals surface area contributed by atoms with E-state index < -0.39 is 5.54 Å². The van der Waals surface area contributed by atoms with E-state index in [1.54, 1.807) is 28.0 Å². The first-order valence-corrected chi connectivity index (χ1v) is 12.5. The number of benzene rings is 2. The molecule has 9 heteroatoms. The standard InChI is InChI=1S/C26H23ClN5O2S/c1-2-22-29-20-7-4-3-6-19(20)24(33)31(22)32-23-21(34-25(35)30-15-14-28-16-30)8-5-13-26(23,32)17-9-11-18(27)12-10-17/h3-4,6-7,9-12,14-16,23H,2,5,8,13H2,1H3/t23-,26-,32?/m1/s1. The van der Waals surface area contributed by atoms with Crippen LogP contribution in [0.2, 0.25) is 5.02 Å². The number of nitrogens with zero attached hydrogens (tertiary/aromatic N) is 5. The Morgan fingerprint density at radius 3 is 2.77 bits per heavy atom. The number of thiocarbonyl (C=S) groups is 1. The summed E-state index contributed by atoms with van der Waals surface area (Å²) in [6.45, 7) is 2.02. The number of fused-ring (bicyclic) bond motifs is 2. The van der Waals surface area contributed by atoms with Crippen LogP contribution in [0.1, 0.15) is 37.6 Å². The average Bonchev–Trinajstić information content (AvgIpc) is 3.24. The molecule has 35 heavy (non-hydrogen) atoms. The molecule has 2 atom stereocenters. The molecule has 0 spiro atoms. The predicted molar refractivity (Wildman–Crippen MR) is 139 cm³/mol. The van der Waals surface area contributed by atoms with Gasteiger partial charge in [-0.3, -0.25) is 14.4 Å². The molecule has 1 aliphatic carbocycles. The van der Waals surface area contributed by atoms with Crippen molar-refractivity contribution in [2.75, 3.05) is 5.01 Å². The van der Waals surface area contributed by atoms with Crippen LogP contribution in [0.25, 0.3) is 10.9 Å². The van der Waals surface area contributed by atoms with Gasteiger partial charge in [0, 0.05) is 23.8 Å². The molecule has 1 aliphatic heterocycles. The smallest absolute Gasteiger partial charge is 0.280 e. The van der Waals surface area contributed by atoms with E-state index in [1.807, 2.05) is 55.5 Å². The minimum atomic E-state index is -0.444. The van der Waals surface area contributed by atoms with Crippen molar-refractivity contribution in [3.8, 4) is 0 Å². The van der Waals surface area contributed by atoms with Crippen molar-refractivity contribution < 1.29 is 4.74 Å². The van der Waals surface area contributed by atoms with Gasteiger partial charge in [-0.05, 0) is 61.3 Å². The largest absolute Gasteiger partial charge is 0.457 e. The summed E-state index contributed by atoms with van der Waals surface area (Å²) in [5, 5.41) is 3.72. The quantitative estimate of drug-likeness (QED) is 0.299. The van der Waals surface area contributed by atoms with Crippen molar-refractivity contribution >= 4 is 39.9 Å². The lowest BCUT2D eigenvalue weighted by Crippen LogP contribution is -2.37. The fraction of sp³-hybridized carbons (Fsp3) is 0.269. The number of ether oxygens (including phenoxy) is 1. The molecule has 1 radical (unpaired) electrons. The third-order valence-corrected chi connectivity index (χ3v) is 7.50. The summed E-state index contributed by atoms with van der Waals surface area (Å²) in [4.78, 5) is 22.8. The molecular weight excluding hydrogens is 482 g/mol. The highest BCUT2D eigenvalue weighted by Crippen LogP contribution is 2.59. The van der Waals surface area contributed by atoms with Crippen molar-refractivity contribution in [3.05, 3.63) is 100 Å². The lowest BCUT2D eigenvalue weighted by atomic mass is 9.82. The van der Waals surface area contributed by atoms with Crippen LogP contribution in [0.4, 0.5) is 0 Å². The van der Waals surface area contributed by atoms with Gasteiger partial charge in [-0.2, -0.15) is 0 Å². The second-order valence-electron chi connectivity index (χ2n) is 8.85. The number of aromatic nitrogens is 4. The maximum atomic E-state index is 13.8. The highest BCUT2D eigenvalue weighted by atomic mass is 35.5. The first-order valence-electron chi connectivity index (χ1n) is 11.7. The zero-order valence-corrected chi connectivity index (χ0v) is 20.7. The highest BCUT2D eigenvalue weighted by molar-refractivity contribution is 7.80. The molecule has 0 bridgehead atoms. The molecule has 4 aromatic rings. The molecule has 2 aromatic heterocycles. The molecule has 2 aromatic carbocycles. The van der Waals surface area contributed by atoms with Crippen molar-refractivity contribution in [2.45, 2.75) is 44.2 Å². The molecule has 3 heterocycles. The van der Waals surface area contributed by atoms with Gasteiger partial charge in [0.15, 0.2) is 6.10 Å². The number of hydrogen-bond acceptors (Lipinski definition) is 6. The third-order valence-electron chi connectivity index (χ3n) is 6.95. The van der Waals surface area contributed by atoms with Gasteiger partial charge in [0.25, 0.3) is 10.7 Å². The Morgan fingerprint density at radius 2 is 2.03 bits per heavy atom. The second-order valence-corrected chi connectivity index (χ2v) is 9.64. The van der Waals surface area contributed by atoms with Gasteiger partial charge in [-0.1, -0.05) is 42.8 Å². The average molecular weight is 505 g/mol. The van der Waals surface area contributed by atoms with Gasteiger partial charge in [-0.25, -0.2) is 14.6 Å². The van der Waals surface area contributed by atoms with Crippen molar-refractivity contribution in [3.63, 3.8) is 0 Å². The van der Waals surface area contributed by atoms with E-state index in [0.29, 0.717) is 33.3 Å². The Hall–Kier alpha value is -3.23. The van der Waals surface area contributed by atoms with Crippen LogP contribution < -0.4 is 10.6 Å². The van der Waals surface area contributed by atoms with Crippen LogP contribution in [0.5, 0.6) is 0 Å². The first kappa shape index (κ1) is 22.2. The third kappa shape index (κ3) is 3.46. The van der Waals surface area contributed by atoms with Gasteiger partial charge in [0.2, 0.25) is 0 Å². The van der Waals surface area contributed by atoms with Gasteiger partial charge in [0.1, 0.15) is 23.7 Å². The summed E-state index contributed by atoms with van der Waals surface area (Å²) in [5.74, 6) is 0.716. The number of para-hydroxylation sites is 1. The molecular formula is C26H23ClN5O2S. The summed E-state index contributed by atoms with van der Waals surface area (Å²) in [6.07, 6.45) is 9.02. The fourth-order valence-electron chi connectivity index (χ4n) is 5.37. The SMILES string of the molecule is CCc1nc2ccccc2c(=O)n1N1[C@@H]2[C](OC(=S)n3ccnc3)CCC[C@@]21c1ccc(Cl)cc1. The Morgan fingerprint density at radius 1 is 1.23 bits per heavy atom. The number of halogens is 1. The second kappa shape index (κ2) is 8.46. The van der Waals surface area contributed by atoms with Crippen LogP contribution in [-0.2, 0) is 16.7 Å². The van der Waals surface area contributed by atoms with Crippen molar-refractivity contribution in [1.82, 2.24) is 19.2 Å². The lowest BCUT2D eigenvalue weighted by Gasteiger charge is -2.25. The summed E-state index contributed by atoms with van der Waals surface area (Å²) in [6, 6.07) is 15.2. The molecule has 177 valence electrons. The summed E-state index contributed by atoms with van der Waals surface area (Å²) in [5.41, 5.74) is 1.27. The van der Waals surface area contributed by atoms with E-state index >= 15 is 0 Å². The lowest BCUT2D eigenvalue weighted by molar-refractivity contribution is 0.248. The van der Waals surface area contributed by atoms with Crippen LogP contribution in [-0.4, -0.2) is 30.4 Å². The molecule has 7 nitrogen and oxygen atoms in total. The van der Waals surface area contributed by atoms with Crippen molar-refractivity contribution in [2.24, 2.45) is 0 Å². The van der Waals surface area contributed by atoms with Crippen LogP contribution in [0.15, 0.2) is 72.0 Å². The Labute approximate surface area is 212 Å². The number of rotatable bonds is 4. The maximum absolute atomic E-state index is 13.8.